The summed E-state index contributed by atoms with van der Waals surface area (Å²) in [5.74, 6) is 0.309. The van der Waals surface area contributed by atoms with Crippen molar-refractivity contribution in [2.24, 2.45) is 10.7 Å². The molecule has 0 aliphatic carbocycles. The van der Waals surface area contributed by atoms with Crippen molar-refractivity contribution in [3.63, 3.8) is 0 Å². The van der Waals surface area contributed by atoms with Crippen LogP contribution >= 0.6 is 0 Å². The SMILES string of the molecule is C=CCC(N=C(/C=C(\N)C(=O)Nc1ccc(C(=O)N(C)CCC)cc1)CC)c1ccc(OC)c([B]C)c1. The van der Waals surface area contributed by atoms with E-state index in [4.69, 9.17) is 15.5 Å². The van der Waals surface area contributed by atoms with E-state index in [1.807, 2.05) is 46.2 Å². The van der Waals surface area contributed by atoms with E-state index in [-0.39, 0.29) is 17.6 Å². The molecule has 0 aromatic heterocycles. The lowest BCUT2D eigenvalue weighted by molar-refractivity contribution is -0.112. The van der Waals surface area contributed by atoms with Crippen LogP contribution in [0.2, 0.25) is 6.82 Å². The molecule has 0 fully saturated rings. The maximum absolute atomic E-state index is 12.7. The minimum atomic E-state index is -0.434. The zero-order valence-electron chi connectivity index (χ0n) is 22.6. The van der Waals surface area contributed by atoms with Crippen molar-refractivity contribution in [1.29, 1.82) is 0 Å². The number of nitrogens with zero attached hydrogens (tertiary/aromatic N) is 2. The highest BCUT2D eigenvalue weighted by atomic mass is 16.5. The first kappa shape index (κ1) is 29.4. The number of rotatable bonds is 13. The van der Waals surface area contributed by atoms with Gasteiger partial charge in [-0.15, -0.1) is 6.58 Å². The number of carbonyl (C=O) groups excluding carboxylic acids is 2. The van der Waals surface area contributed by atoms with Gasteiger partial charge in [0.1, 0.15) is 5.75 Å². The molecule has 0 heterocycles. The van der Waals surface area contributed by atoms with Crippen LogP contribution in [0.1, 0.15) is 55.1 Å². The highest BCUT2D eigenvalue weighted by Crippen LogP contribution is 2.24. The van der Waals surface area contributed by atoms with Crippen LogP contribution in [-0.2, 0) is 4.79 Å². The van der Waals surface area contributed by atoms with E-state index in [9.17, 15) is 9.59 Å². The van der Waals surface area contributed by atoms with Gasteiger partial charge < -0.3 is 20.7 Å². The molecule has 0 saturated carbocycles. The van der Waals surface area contributed by atoms with Crippen molar-refractivity contribution in [3.05, 3.63) is 78.0 Å². The predicted molar refractivity (Wildman–Crippen MR) is 154 cm³/mol. The fourth-order valence-corrected chi connectivity index (χ4v) is 3.84. The molecular formula is C29H38BN4O3. The van der Waals surface area contributed by atoms with Gasteiger partial charge in [0.2, 0.25) is 0 Å². The smallest absolute Gasteiger partial charge is 0.271 e. The minimum absolute atomic E-state index is 0.0538. The Hall–Kier alpha value is -3.81. The first-order valence-electron chi connectivity index (χ1n) is 12.6. The minimum Gasteiger partial charge on any atom is -0.497 e. The summed E-state index contributed by atoms with van der Waals surface area (Å²) in [6.07, 6.45) is 5.57. The molecule has 0 aliphatic rings. The van der Waals surface area contributed by atoms with Gasteiger partial charge in [0.05, 0.1) is 18.8 Å². The number of ether oxygens (including phenoxy) is 1. The monoisotopic (exact) mass is 501 g/mol. The zero-order valence-corrected chi connectivity index (χ0v) is 22.6. The molecule has 2 amide bonds. The fraction of sp³-hybridized carbons (Fsp3) is 0.345. The molecule has 2 rings (SSSR count). The van der Waals surface area contributed by atoms with Crippen molar-refractivity contribution < 1.29 is 14.3 Å². The standard InChI is InChI=1S/C29H38BN4O3/c1-7-10-26(21-13-16-27(37-6)24(18-21)30-4)32-22(9-3)19-25(31)28(35)33-23-14-11-20(12-15-23)29(36)34(5)17-8-2/h7,11-16,18-19,26H,1,8-10,17,31H2,2-6H3,(H,33,35)/b25-19-,32-22?. The summed E-state index contributed by atoms with van der Waals surface area (Å²) < 4.78 is 5.42. The van der Waals surface area contributed by atoms with Crippen LogP contribution in [-0.4, -0.2) is 50.4 Å². The molecule has 8 heteroatoms. The van der Waals surface area contributed by atoms with Crippen LogP contribution < -0.4 is 21.3 Å². The summed E-state index contributed by atoms with van der Waals surface area (Å²) in [7, 11) is 5.41. The second kappa shape index (κ2) is 14.7. The van der Waals surface area contributed by atoms with Gasteiger partial charge in [-0.1, -0.05) is 38.9 Å². The third-order valence-electron chi connectivity index (χ3n) is 5.90. The van der Waals surface area contributed by atoms with Gasteiger partial charge in [-0.3, -0.25) is 14.6 Å². The van der Waals surface area contributed by atoms with Gasteiger partial charge in [0, 0.05) is 30.6 Å². The lowest BCUT2D eigenvalue weighted by atomic mass is 9.72. The molecule has 1 atom stereocenters. The lowest BCUT2D eigenvalue weighted by Crippen LogP contribution is -2.27. The molecule has 0 saturated heterocycles. The van der Waals surface area contributed by atoms with Crippen molar-refractivity contribution in [3.8, 4) is 5.75 Å². The van der Waals surface area contributed by atoms with Crippen LogP contribution in [0.4, 0.5) is 5.69 Å². The Morgan fingerprint density at radius 1 is 1.22 bits per heavy atom. The molecule has 2 aromatic rings. The molecule has 0 spiro atoms. The van der Waals surface area contributed by atoms with E-state index in [0.717, 1.165) is 23.2 Å². The molecule has 0 bridgehead atoms. The first-order chi connectivity index (χ1) is 17.8. The number of carbonyl (C=O) groups is 2. The zero-order chi connectivity index (χ0) is 27.4. The number of hydrogen-bond donors (Lipinski definition) is 2. The number of benzene rings is 2. The second-order valence-electron chi connectivity index (χ2n) is 8.66. The van der Waals surface area contributed by atoms with Crippen LogP contribution in [0.25, 0.3) is 0 Å². The Bertz CT molecular complexity index is 1140. The van der Waals surface area contributed by atoms with Crippen molar-refractivity contribution in [2.75, 3.05) is 26.0 Å². The van der Waals surface area contributed by atoms with Gasteiger partial charge in [0.15, 0.2) is 7.28 Å². The Morgan fingerprint density at radius 3 is 2.49 bits per heavy atom. The average molecular weight is 501 g/mol. The first-order valence-corrected chi connectivity index (χ1v) is 12.6. The van der Waals surface area contributed by atoms with Crippen molar-refractivity contribution >= 4 is 36.0 Å². The molecule has 1 radical (unpaired) electrons. The van der Waals surface area contributed by atoms with E-state index >= 15 is 0 Å². The van der Waals surface area contributed by atoms with Gasteiger partial charge >= 0.3 is 0 Å². The molecule has 3 N–H and O–H groups in total. The third kappa shape index (κ3) is 8.38. The highest BCUT2D eigenvalue weighted by Gasteiger charge is 2.14. The number of anilines is 1. The Balaban J connectivity index is 2.20. The number of nitrogens with one attached hydrogen (secondary N) is 1. The largest absolute Gasteiger partial charge is 0.497 e. The third-order valence-corrected chi connectivity index (χ3v) is 5.90. The molecule has 37 heavy (non-hydrogen) atoms. The summed E-state index contributed by atoms with van der Waals surface area (Å²) in [5.41, 5.74) is 10.0. The van der Waals surface area contributed by atoms with E-state index in [1.54, 1.807) is 49.4 Å². The van der Waals surface area contributed by atoms with E-state index < -0.39 is 5.91 Å². The highest BCUT2D eigenvalue weighted by molar-refractivity contribution is 6.53. The van der Waals surface area contributed by atoms with Crippen molar-refractivity contribution in [1.82, 2.24) is 4.90 Å². The van der Waals surface area contributed by atoms with E-state index in [1.165, 1.54) is 0 Å². The molecule has 1 unspecified atom stereocenters. The summed E-state index contributed by atoms with van der Waals surface area (Å²) >= 11 is 0. The number of hydrogen-bond acceptors (Lipinski definition) is 5. The summed E-state index contributed by atoms with van der Waals surface area (Å²) in [6, 6.07) is 12.6. The fourth-order valence-electron chi connectivity index (χ4n) is 3.84. The number of aliphatic imine (C=N–C) groups is 1. The van der Waals surface area contributed by atoms with Gasteiger partial charge in [-0.05, 0) is 66.7 Å². The van der Waals surface area contributed by atoms with Gasteiger partial charge in [0.25, 0.3) is 11.8 Å². The topological polar surface area (TPSA) is 97.0 Å². The van der Waals surface area contributed by atoms with Gasteiger partial charge in [-0.2, -0.15) is 0 Å². The number of allylic oxidation sites excluding steroid dienone is 1. The molecular weight excluding hydrogens is 463 g/mol. The molecule has 7 nitrogen and oxygen atoms in total. The normalized spacial score (nSPS) is 12.5. The van der Waals surface area contributed by atoms with Crippen LogP contribution in [0.5, 0.6) is 5.75 Å². The van der Waals surface area contributed by atoms with Crippen LogP contribution in [0, 0.1) is 0 Å². The van der Waals surface area contributed by atoms with E-state index in [2.05, 4.69) is 18.0 Å². The van der Waals surface area contributed by atoms with E-state index in [0.29, 0.717) is 36.3 Å². The lowest BCUT2D eigenvalue weighted by Gasteiger charge is -2.16. The number of methoxy groups -OCH3 is 1. The summed E-state index contributed by atoms with van der Waals surface area (Å²) in [4.78, 5) is 31.7. The molecule has 195 valence electrons. The number of amides is 2. The van der Waals surface area contributed by atoms with Gasteiger partial charge in [-0.25, -0.2) is 0 Å². The van der Waals surface area contributed by atoms with Crippen LogP contribution in [0.3, 0.4) is 0 Å². The second-order valence-corrected chi connectivity index (χ2v) is 8.66. The van der Waals surface area contributed by atoms with Crippen LogP contribution in [0.15, 0.2) is 71.9 Å². The predicted octanol–water partition coefficient (Wildman–Crippen LogP) is 4.50. The Labute approximate surface area is 221 Å². The summed E-state index contributed by atoms with van der Waals surface area (Å²) in [5, 5.41) is 2.78. The number of nitrogens with two attached hydrogens (primary N) is 1. The molecule has 0 aliphatic heterocycles. The average Bonchev–Trinajstić information content (AvgIpc) is 2.91. The maximum Gasteiger partial charge on any atom is 0.271 e. The summed E-state index contributed by atoms with van der Waals surface area (Å²) in [6.45, 7) is 10.5. The van der Waals surface area contributed by atoms with Crippen molar-refractivity contribution in [2.45, 2.75) is 46.0 Å². The maximum atomic E-state index is 12.7. The Kier molecular flexibility index (Phi) is 11.7. The molecule has 2 aromatic carbocycles. The Morgan fingerprint density at radius 2 is 1.92 bits per heavy atom. The quantitative estimate of drug-likeness (QED) is 0.183.